The number of halogens is 3. The number of carbonyl (C=O) groups is 2. The number of anilines is 1. The lowest BCUT2D eigenvalue weighted by Crippen LogP contribution is -2.53. The van der Waals surface area contributed by atoms with Gasteiger partial charge in [-0.2, -0.15) is 0 Å². The summed E-state index contributed by atoms with van der Waals surface area (Å²) in [6, 6.07) is 10.5. The molecule has 5 nitrogen and oxygen atoms in total. The van der Waals surface area contributed by atoms with Crippen molar-refractivity contribution in [3.8, 4) is 0 Å². The van der Waals surface area contributed by atoms with Crippen molar-refractivity contribution < 1.29 is 27.5 Å². The number of nitrogens with zero attached hydrogens (tertiary/aromatic N) is 2. The fourth-order valence-electron chi connectivity index (χ4n) is 3.50. The highest BCUT2D eigenvalue weighted by atomic mass is 19.4. The Morgan fingerprint density at radius 3 is 2.29 bits per heavy atom. The monoisotopic (exact) mass is 392 g/mol. The molecule has 1 aliphatic heterocycles. The van der Waals surface area contributed by atoms with Gasteiger partial charge in [0.25, 0.3) is 0 Å². The Kier molecular flexibility index (Phi) is 4.82. The van der Waals surface area contributed by atoms with E-state index in [0.717, 1.165) is 4.90 Å². The molecule has 148 valence electrons. The quantitative estimate of drug-likeness (QED) is 0.551. The second kappa shape index (κ2) is 6.85. The van der Waals surface area contributed by atoms with Gasteiger partial charge >= 0.3 is 18.3 Å². The summed E-state index contributed by atoms with van der Waals surface area (Å²) in [7, 11) is 1.23. The molecule has 1 aliphatic rings. The zero-order valence-corrected chi connectivity index (χ0v) is 15.6. The number of alkyl halides is 3. The molecular weight excluding hydrogens is 373 g/mol. The van der Waals surface area contributed by atoms with Gasteiger partial charge in [0.15, 0.2) is 0 Å². The molecule has 0 N–H and O–H groups in total. The average Bonchev–Trinajstić information content (AvgIpc) is 2.92. The molecular formula is C20H19F3N2O3. The first-order chi connectivity index (χ1) is 13.1. The van der Waals surface area contributed by atoms with E-state index < -0.39 is 23.8 Å². The SMILES string of the molecule is COC(=O)c1cccc2c1CN(C(=O)N(c1ccccc1)C(F)(F)F)C2(C)C. The van der Waals surface area contributed by atoms with Gasteiger partial charge in [0.1, 0.15) is 0 Å². The van der Waals surface area contributed by atoms with Crippen LogP contribution in [-0.2, 0) is 16.8 Å². The van der Waals surface area contributed by atoms with Crippen molar-refractivity contribution in [1.29, 1.82) is 0 Å². The van der Waals surface area contributed by atoms with Crippen molar-refractivity contribution in [1.82, 2.24) is 4.90 Å². The molecule has 0 spiro atoms. The Morgan fingerprint density at radius 2 is 1.71 bits per heavy atom. The number of hydrogen-bond acceptors (Lipinski definition) is 3. The Balaban J connectivity index is 2.06. The molecule has 0 aliphatic carbocycles. The van der Waals surface area contributed by atoms with Crippen LogP contribution in [0.3, 0.4) is 0 Å². The van der Waals surface area contributed by atoms with Gasteiger partial charge in [-0.25, -0.2) is 14.5 Å². The number of urea groups is 1. The number of amides is 2. The van der Waals surface area contributed by atoms with Crippen LogP contribution in [0, 0.1) is 0 Å². The van der Waals surface area contributed by atoms with Crippen molar-refractivity contribution in [3.05, 3.63) is 65.2 Å². The lowest BCUT2D eigenvalue weighted by atomic mass is 9.91. The molecule has 0 fully saturated rings. The molecule has 2 aromatic carbocycles. The second-order valence-electron chi connectivity index (χ2n) is 6.89. The number of methoxy groups -OCH3 is 1. The third kappa shape index (κ3) is 3.19. The minimum atomic E-state index is -4.91. The molecule has 0 unspecified atom stereocenters. The molecule has 8 heteroatoms. The summed E-state index contributed by atoms with van der Waals surface area (Å²) in [6.07, 6.45) is -4.91. The fourth-order valence-corrected chi connectivity index (χ4v) is 3.50. The molecule has 0 radical (unpaired) electrons. The normalized spacial score (nSPS) is 15.1. The number of rotatable bonds is 2. The first kappa shape index (κ1) is 19.7. The van der Waals surface area contributed by atoms with Gasteiger partial charge in [-0.1, -0.05) is 30.3 Å². The number of para-hydroxylation sites is 1. The molecule has 0 atom stereocenters. The van der Waals surface area contributed by atoms with Crippen molar-refractivity contribution in [2.45, 2.75) is 32.2 Å². The van der Waals surface area contributed by atoms with Gasteiger partial charge in [-0.3, -0.25) is 0 Å². The fraction of sp³-hybridized carbons (Fsp3) is 0.300. The smallest absolute Gasteiger partial charge is 0.465 e. The average molecular weight is 392 g/mol. The molecule has 2 aromatic rings. The van der Waals surface area contributed by atoms with Crippen LogP contribution in [0.5, 0.6) is 0 Å². The van der Waals surface area contributed by atoms with Gasteiger partial charge in [0.2, 0.25) is 0 Å². The Morgan fingerprint density at radius 1 is 1.07 bits per heavy atom. The molecule has 0 saturated heterocycles. The number of esters is 1. The van der Waals surface area contributed by atoms with Crippen molar-refractivity contribution in [2.75, 3.05) is 12.0 Å². The van der Waals surface area contributed by atoms with Crippen LogP contribution >= 0.6 is 0 Å². The molecule has 2 amide bonds. The van der Waals surface area contributed by atoms with E-state index in [1.54, 1.807) is 32.0 Å². The Labute approximate surface area is 160 Å². The van der Waals surface area contributed by atoms with Crippen LogP contribution in [0.2, 0.25) is 0 Å². The highest BCUT2D eigenvalue weighted by Crippen LogP contribution is 2.42. The lowest BCUT2D eigenvalue weighted by Gasteiger charge is -2.37. The first-order valence-electron chi connectivity index (χ1n) is 8.53. The molecule has 3 rings (SSSR count). The van der Waals surface area contributed by atoms with E-state index in [1.807, 2.05) is 0 Å². The van der Waals surface area contributed by atoms with Crippen LogP contribution in [0.1, 0.15) is 35.3 Å². The standard InChI is InChI=1S/C20H19F3N2O3/c1-19(2)16-11-7-10-14(17(26)28-3)15(16)12-24(19)18(27)25(20(21,22)23)13-8-5-4-6-9-13/h4-11H,12H2,1-3H3. The maximum atomic E-state index is 13.8. The van der Waals surface area contributed by atoms with E-state index in [2.05, 4.69) is 0 Å². The highest BCUT2D eigenvalue weighted by Gasteiger charge is 2.50. The number of carbonyl (C=O) groups excluding carboxylic acids is 2. The second-order valence-corrected chi connectivity index (χ2v) is 6.89. The van der Waals surface area contributed by atoms with E-state index in [0.29, 0.717) is 11.1 Å². The van der Waals surface area contributed by atoms with Gasteiger partial charge in [0.05, 0.1) is 23.9 Å². The lowest BCUT2D eigenvalue weighted by molar-refractivity contribution is -0.123. The molecule has 0 bridgehead atoms. The topological polar surface area (TPSA) is 49.9 Å². The summed E-state index contributed by atoms with van der Waals surface area (Å²) in [4.78, 5) is 26.0. The van der Waals surface area contributed by atoms with Gasteiger partial charge in [0, 0.05) is 6.54 Å². The van der Waals surface area contributed by atoms with Gasteiger partial charge < -0.3 is 9.64 Å². The van der Waals surface area contributed by atoms with Crippen molar-refractivity contribution in [3.63, 3.8) is 0 Å². The third-order valence-corrected chi connectivity index (χ3v) is 4.92. The van der Waals surface area contributed by atoms with Crippen molar-refractivity contribution >= 4 is 17.7 Å². The number of hydrogen-bond donors (Lipinski definition) is 0. The maximum absolute atomic E-state index is 13.8. The van der Waals surface area contributed by atoms with E-state index in [-0.39, 0.29) is 22.7 Å². The van der Waals surface area contributed by atoms with Gasteiger partial charge in [-0.05, 0) is 43.2 Å². The molecule has 1 heterocycles. The number of fused-ring (bicyclic) bond motifs is 1. The largest absolute Gasteiger partial charge is 0.493 e. The summed E-state index contributed by atoms with van der Waals surface area (Å²) in [6.45, 7) is 3.17. The number of benzene rings is 2. The minimum absolute atomic E-state index is 0.133. The maximum Gasteiger partial charge on any atom is 0.493 e. The van der Waals surface area contributed by atoms with Crippen LogP contribution in [0.4, 0.5) is 23.7 Å². The van der Waals surface area contributed by atoms with E-state index in [1.165, 1.54) is 37.4 Å². The number of ether oxygens (including phenoxy) is 1. The molecule has 0 aromatic heterocycles. The molecule has 0 saturated carbocycles. The minimum Gasteiger partial charge on any atom is -0.465 e. The van der Waals surface area contributed by atoms with Gasteiger partial charge in [-0.15, -0.1) is 13.2 Å². The summed E-state index contributed by atoms with van der Waals surface area (Å²) in [5, 5.41) is 0. The van der Waals surface area contributed by atoms with E-state index in [9.17, 15) is 22.8 Å². The van der Waals surface area contributed by atoms with Crippen molar-refractivity contribution in [2.24, 2.45) is 0 Å². The Hall–Kier alpha value is -3.03. The highest BCUT2D eigenvalue weighted by molar-refractivity contribution is 5.95. The summed E-state index contributed by atoms with van der Waals surface area (Å²) >= 11 is 0. The zero-order chi connectivity index (χ0) is 20.7. The van der Waals surface area contributed by atoms with Crippen LogP contribution in [0.15, 0.2) is 48.5 Å². The van der Waals surface area contributed by atoms with E-state index >= 15 is 0 Å². The molecule has 28 heavy (non-hydrogen) atoms. The Bertz CT molecular complexity index is 911. The predicted molar refractivity (Wildman–Crippen MR) is 96.7 cm³/mol. The summed E-state index contributed by atoms with van der Waals surface area (Å²) in [5.41, 5.74) is 0.0118. The summed E-state index contributed by atoms with van der Waals surface area (Å²) < 4.78 is 46.0. The first-order valence-corrected chi connectivity index (χ1v) is 8.53. The summed E-state index contributed by atoms with van der Waals surface area (Å²) in [5.74, 6) is -0.599. The zero-order valence-electron chi connectivity index (χ0n) is 15.6. The van der Waals surface area contributed by atoms with Crippen LogP contribution in [0.25, 0.3) is 0 Å². The van der Waals surface area contributed by atoms with E-state index in [4.69, 9.17) is 4.74 Å². The van der Waals surface area contributed by atoms with Crippen LogP contribution < -0.4 is 4.90 Å². The van der Waals surface area contributed by atoms with Crippen LogP contribution in [-0.4, -0.2) is 30.3 Å². The predicted octanol–water partition coefficient (Wildman–Crippen LogP) is 4.67. The third-order valence-electron chi connectivity index (χ3n) is 4.92.